The van der Waals surface area contributed by atoms with E-state index in [1.54, 1.807) is 0 Å². The fourth-order valence-electron chi connectivity index (χ4n) is 9.32. The van der Waals surface area contributed by atoms with Crippen LogP contribution in [0.15, 0.2) is 223 Å². The molecule has 0 fully saturated rings. The molecule has 0 aliphatic heterocycles. The molecule has 12 aromatic rings. The first-order chi connectivity index (χ1) is 29.3. The molecule has 0 atom stereocenters. The van der Waals surface area contributed by atoms with Crippen LogP contribution >= 0.6 is 0 Å². The number of rotatable bonds is 6. The van der Waals surface area contributed by atoms with Crippen molar-refractivity contribution in [1.82, 2.24) is 4.57 Å². The molecule has 12 rings (SSSR count). The van der Waals surface area contributed by atoms with Gasteiger partial charge in [0, 0.05) is 32.9 Å². The summed E-state index contributed by atoms with van der Waals surface area (Å²) in [5.74, 6) is 0. The lowest BCUT2D eigenvalue weighted by Gasteiger charge is -2.29. The number of anilines is 3. The second-order valence-electron chi connectivity index (χ2n) is 15.3. The van der Waals surface area contributed by atoms with Gasteiger partial charge in [-0.1, -0.05) is 152 Å². The summed E-state index contributed by atoms with van der Waals surface area (Å²) in [6, 6.07) is 78.7. The summed E-state index contributed by atoms with van der Waals surface area (Å²) in [5.41, 5.74) is 13.2. The molecule has 59 heavy (non-hydrogen) atoms. The third-order valence-corrected chi connectivity index (χ3v) is 11.9. The van der Waals surface area contributed by atoms with Crippen LogP contribution in [0.2, 0.25) is 0 Å². The minimum atomic E-state index is 0.866. The summed E-state index contributed by atoms with van der Waals surface area (Å²) in [6.07, 6.45) is 0. The SMILES string of the molecule is c1ccc(-c2cc(-c3ccc(N(c4c5ccccc5cc5oc6ccccc6c45)c4cccc5c4c4ccccc4n5-c4ccccc4)cc3)cc3ccccc23)cc1. The van der Waals surface area contributed by atoms with Crippen LogP contribution in [0.5, 0.6) is 0 Å². The van der Waals surface area contributed by atoms with Gasteiger partial charge in [-0.15, -0.1) is 0 Å². The van der Waals surface area contributed by atoms with Crippen LogP contribution in [-0.4, -0.2) is 4.57 Å². The summed E-state index contributed by atoms with van der Waals surface area (Å²) >= 11 is 0. The van der Waals surface area contributed by atoms with Crippen LogP contribution < -0.4 is 4.90 Å². The molecule has 0 aliphatic carbocycles. The Hall–Kier alpha value is -7.88. The Labute approximate surface area is 341 Å². The van der Waals surface area contributed by atoms with Crippen molar-refractivity contribution in [3.63, 3.8) is 0 Å². The van der Waals surface area contributed by atoms with Crippen LogP contribution in [0.3, 0.4) is 0 Å². The summed E-state index contributed by atoms with van der Waals surface area (Å²) in [6.45, 7) is 0. The molecule has 276 valence electrons. The second-order valence-corrected chi connectivity index (χ2v) is 15.3. The lowest BCUT2D eigenvalue weighted by molar-refractivity contribution is 0.669. The number of benzene rings is 10. The van der Waals surface area contributed by atoms with E-state index in [0.717, 1.165) is 66.5 Å². The molecular weight excluding hydrogens is 717 g/mol. The van der Waals surface area contributed by atoms with Crippen molar-refractivity contribution in [2.45, 2.75) is 0 Å². The highest BCUT2D eigenvalue weighted by atomic mass is 16.3. The maximum absolute atomic E-state index is 6.67. The van der Waals surface area contributed by atoms with E-state index in [1.165, 1.54) is 43.8 Å². The number of para-hydroxylation sites is 3. The molecule has 0 amide bonds. The predicted octanol–water partition coefficient (Wildman–Crippen LogP) is 15.8. The van der Waals surface area contributed by atoms with Gasteiger partial charge in [0.1, 0.15) is 11.2 Å². The minimum absolute atomic E-state index is 0.866. The lowest BCUT2D eigenvalue weighted by atomic mass is 9.93. The van der Waals surface area contributed by atoms with Crippen molar-refractivity contribution >= 4 is 82.4 Å². The first-order valence-electron chi connectivity index (χ1n) is 20.2. The fourth-order valence-corrected chi connectivity index (χ4v) is 9.32. The highest BCUT2D eigenvalue weighted by Crippen LogP contribution is 2.50. The van der Waals surface area contributed by atoms with Gasteiger partial charge in [-0.2, -0.15) is 0 Å². The summed E-state index contributed by atoms with van der Waals surface area (Å²) in [7, 11) is 0. The molecule has 0 aliphatic rings. The first kappa shape index (κ1) is 33.3. The molecule has 0 saturated carbocycles. The average molecular weight is 753 g/mol. The van der Waals surface area contributed by atoms with Gasteiger partial charge in [0.15, 0.2) is 0 Å². The Morgan fingerprint density at radius 3 is 1.80 bits per heavy atom. The van der Waals surface area contributed by atoms with Gasteiger partial charge >= 0.3 is 0 Å². The zero-order valence-corrected chi connectivity index (χ0v) is 32.1. The van der Waals surface area contributed by atoms with Crippen molar-refractivity contribution in [3.05, 3.63) is 218 Å². The van der Waals surface area contributed by atoms with Gasteiger partial charge in [-0.25, -0.2) is 0 Å². The number of hydrogen-bond donors (Lipinski definition) is 0. The van der Waals surface area contributed by atoms with Gasteiger partial charge < -0.3 is 13.9 Å². The summed E-state index contributed by atoms with van der Waals surface area (Å²) < 4.78 is 9.07. The fraction of sp³-hybridized carbons (Fsp3) is 0. The minimum Gasteiger partial charge on any atom is -0.456 e. The predicted molar refractivity (Wildman–Crippen MR) is 249 cm³/mol. The van der Waals surface area contributed by atoms with E-state index < -0.39 is 0 Å². The third-order valence-electron chi connectivity index (χ3n) is 11.9. The van der Waals surface area contributed by atoms with Gasteiger partial charge in [-0.05, 0) is 105 Å². The largest absolute Gasteiger partial charge is 0.456 e. The van der Waals surface area contributed by atoms with E-state index in [2.05, 4.69) is 228 Å². The Kier molecular flexibility index (Phi) is 7.54. The molecule has 0 bridgehead atoms. The van der Waals surface area contributed by atoms with Crippen molar-refractivity contribution in [1.29, 1.82) is 0 Å². The standard InChI is InChI=1S/C56H36N2O/c1-3-16-38(17-4-1)48-35-41(34-39-18-7-9-22-44(39)48)37-30-32-43(33-31-37)58(56-45-23-10-8-19-40(45)36-53-55(56)47-25-12-14-29-52(47)59-53)51-28-15-27-50-54(51)46-24-11-13-26-49(46)57(50)42-20-5-2-6-21-42/h1-36H. The zero-order valence-electron chi connectivity index (χ0n) is 32.1. The molecule has 0 N–H and O–H groups in total. The smallest absolute Gasteiger partial charge is 0.138 e. The topological polar surface area (TPSA) is 21.3 Å². The normalized spacial score (nSPS) is 11.7. The Bertz CT molecular complexity index is 3540. The average Bonchev–Trinajstić information content (AvgIpc) is 3.85. The summed E-state index contributed by atoms with van der Waals surface area (Å²) in [5, 5.41) is 9.32. The van der Waals surface area contributed by atoms with E-state index >= 15 is 0 Å². The molecule has 2 heterocycles. The number of aromatic nitrogens is 1. The first-order valence-corrected chi connectivity index (χ1v) is 20.2. The molecule has 0 unspecified atom stereocenters. The summed E-state index contributed by atoms with van der Waals surface area (Å²) in [4.78, 5) is 2.48. The van der Waals surface area contributed by atoms with Crippen LogP contribution in [0.1, 0.15) is 0 Å². The second kappa shape index (κ2) is 13.4. The monoisotopic (exact) mass is 752 g/mol. The molecular formula is C56H36N2O. The third kappa shape index (κ3) is 5.29. The van der Waals surface area contributed by atoms with Crippen LogP contribution in [0.4, 0.5) is 17.1 Å². The van der Waals surface area contributed by atoms with Crippen molar-refractivity contribution in [2.24, 2.45) is 0 Å². The molecule has 3 nitrogen and oxygen atoms in total. The van der Waals surface area contributed by atoms with Crippen LogP contribution in [0, 0.1) is 0 Å². The Balaban J connectivity index is 1.15. The van der Waals surface area contributed by atoms with E-state index in [4.69, 9.17) is 4.42 Å². The van der Waals surface area contributed by atoms with E-state index in [1.807, 2.05) is 0 Å². The molecule has 10 aromatic carbocycles. The van der Waals surface area contributed by atoms with Crippen LogP contribution in [0.25, 0.3) is 93.2 Å². The molecule has 0 radical (unpaired) electrons. The number of hydrogen-bond acceptors (Lipinski definition) is 2. The maximum atomic E-state index is 6.67. The molecule has 3 heteroatoms. The van der Waals surface area contributed by atoms with E-state index in [0.29, 0.717) is 0 Å². The number of furan rings is 1. The molecule has 2 aromatic heterocycles. The Morgan fingerprint density at radius 1 is 0.373 bits per heavy atom. The zero-order chi connectivity index (χ0) is 38.9. The van der Waals surface area contributed by atoms with Crippen molar-refractivity contribution < 1.29 is 4.42 Å². The highest BCUT2D eigenvalue weighted by Gasteiger charge is 2.26. The van der Waals surface area contributed by atoms with Gasteiger partial charge in [-0.3, -0.25) is 0 Å². The van der Waals surface area contributed by atoms with E-state index in [9.17, 15) is 0 Å². The van der Waals surface area contributed by atoms with Gasteiger partial charge in [0.2, 0.25) is 0 Å². The molecule has 0 saturated heterocycles. The van der Waals surface area contributed by atoms with Gasteiger partial charge in [0.05, 0.1) is 27.8 Å². The number of nitrogens with zero attached hydrogens (tertiary/aromatic N) is 2. The number of fused-ring (bicyclic) bond motifs is 8. The quantitative estimate of drug-likeness (QED) is 0.169. The van der Waals surface area contributed by atoms with Crippen molar-refractivity contribution in [3.8, 4) is 27.9 Å². The molecule has 0 spiro atoms. The maximum Gasteiger partial charge on any atom is 0.138 e. The highest BCUT2D eigenvalue weighted by molar-refractivity contribution is 6.24. The lowest BCUT2D eigenvalue weighted by Crippen LogP contribution is -2.11. The van der Waals surface area contributed by atoms with Gasteiger partial charge in [0.25, 0.3) is 0 Å². The van der Waals surface area contributed by atoms with E-state index in [-0.39, 0.29) is 0 Å². The van der Waals surface area contributed by atoms with Crippen LogP contribution in [-0.2, 0) is 0 Å². The Morgan fingerprint density at radius 2 is 1.00 bits per heavy atom. The van der Waals surface area contributed by atoms with Crippen molar-refractivity contribution in [2.75, 3.05) is 4.90 Å².